The Balaban J connectivity index is 1.98. The van der Waals surface area contributed by atoms with Gasteiger partial charge in [-0.15, -0.1) is 0 Å². The third kappa shape index (κ3) is 2.87. The molecule has 0 radical (unpaired) electrons. The summed E-state index contributed by atoms with van der Waals surface area (Å²) in [7, 11) is 0. The number of para-hydroxylation sites is 1. The van der Waals surface area contributed by atoms with E-state index in [0.717, 1.165) is 5.56 Å². The molecule has 1 aromatic heterocycles. The Morgan fingerprint density at radius 1 is 1.44 bits per heavy atom. The Bertz CT molecular complexity index is 525. The van der Waals surface area contributed by atoms with Gasteiger partial charge in [-0.05, 0) is 18.6 Å². The standard InChI is InChI=1S/C13H15FN2O2/c1-10-7-15-16(8-10)5-6-18-13-11(9-17)3-2-4-12(13)14/h2-4,7-8,17H,5-6,9H2,1H3. The molecule has 0 bridgehead atoms. The van der Waals surface area contributed by atoms with E-state index < -0.39 is 5.82 Å². The molecule has 0 amide bonds. The summed E-state index contributed by atoms with van der Waals surface area (Å²) in [6.07, 6.45) is 3.64. The summed E-state index contributed by atoms with van der Waals surface area (Å²) in [6.45, 7) is 2.54. The first-order chi connectivity index (χ1) is 8.70. The second kappa shape index (κ2) is 5.64. The van der Waals surface area contributed by atoms with E-state index in [2.05, 4.69) is 5.10 Å². The lowest BCUT2D eigenvalue weighted by molar-refractivity contribution is 0.247. The fourth-order valence-electron chi connectivity index (χ4n) is 1.67. The fraction of sp³-hybridized carbons (Fsp3) is 0.308. The summed E-state index contributed by atoms with van der Waals surface area (Å²) >= 11 is 0. The van der Waals surface area contributed by atoms with Crippen LogP contribution in [0.4, 0.5) is 4.39 Å². The minimum Gasteiger partial charge on any atom is -0.488 e. The maximum Gasteiger partial charge on any atom is 0.165 e. The monoisotopic (exact) mass is 250 g/mol. The summed E-state index contributed by atoms with van der Waals surface area (Å²) in [5, 5.41) is 13.2. The third-order valence-electron chi connectivity index (χ3n) is 2.55. The normalized spacial score (nSPS) is 10.6. The number of aryl methyl sites for hydroxylation is 1. The highest BCUT2D eigenvalue weighted by atomic mass is 19.1. The third-order valence-corrected chi connectivity index (χ3v) is 2.55. The molecule has 0 saturated heterocycles. The molecule has 0 unspecified atom stereocenters. The average Bonchev–Trinajstić information content (AvgIpc) is 2.77. The molecule has 5 heteroatoms. The van der Waals surface area contributed by atoms with Gasteiger partial charge in [0.2, 0.25) is 0 Å². The molecule has 0 fully saturated rings. The van der Waals surface area contributed by atoms with E-state index in [1.54, 1.807) is 23.0 Å². The van der Waals surface area contributed by atoms with E-state index >= 15 is 0 Å². The summed E-state index contributed by atoms with van der Waals surface area (Å²) in [5.41, 5.74) is 1.52. The van der Waals surface area contributed by atoms with Gasteiger partial charge in [-0.2, -0.15) is 5.10 Å². The number of nitrogens with zero attached hydrogens (tertiary/aromatic N) is 2. The Morgan fingerprint density at radius 2 is 2.28 bits per heavy atom. The summed E-state index contributed by atoms with van der Waals surface area (Å²) < 4.78 is 20.6. The number of benzene rings is 1. The Labute approximate surface area is 105 Å². The zero-order valence-electron chi connectivity index (χ0n) is 10.1. The summed E-state index contributed by atoms with van der Waals surface area (Å²) in [4.78, 5) is 0. The maximum atomic E-state index is 13.5. The SMILES string of the molecule is Cc1cnn(CCOc2c(F)cccc2CO)c1. The molecule has 18 heavy (non-hydrogen) atoms. The lowest BCUT2D eigenvalue weighted by Crippen LogP contribution is -2.10. The number of aromatic nitrogens is 2. The van der Waals surface area contributed by atoms with E-state index in [4.69, 9.17) is 9.84 Å². The molecule has 0 aliphatic heterocycles. The molecule has 1 heterocycles. The number of rotatable bonds is 5. The molecular formula is C13H15FN2O2. The van der Waals surface area contributed by atoms with Gasteiger partial charge in [-0.1, -0.05) is 12.1 Å². The van der Waals surface area contributed by atoms with Crippen LogP contribution in [-0.4, -0.2) is 21.5 Å². The van der Waals surface area contributed by atoms with Crippen molar-refractivity contribution in [1.82, 2.24) is 9.78 Å². The highest BCUT2D eigenvalue weighted by molar-refractivity contribution is 5.34. The zero-order chi connectivity index (χ0) is 13.0. The van der Waals surface area contributed by atoms with E-state index in [-0.39, 0.29) is 12.4 Å². The van der Waals surface area contributed by atoms with Crippen LogP contribution in [0.2, 0.25) is 0 Å². The first kappa shape index (κ1) is 12.6. The number of aliphatic hydroxyl groups is 1. The van der Waals surface area contributed by atoms with Crippen LogP contribution < -0.4 is 4.74 Å². The second-order valence-electron chi connectivity index (χ2n) is 4.02. The maximum absolute atomic E-state index is 13.5. The number of ether oxygens (including phenoxy) is 1. The molecule has 0 aliphatic rings. The number of aliphatic hydroxyl groups excluding tert-OH is 1. The Kier molecular flexibility index (Phi) is 3.94. The molecular weight excluding hydrogens is 235 g/mol. The molecule has 0 spiro atoms. The highest BCUT2D eigenvalue weighted by Gasteiger charge is 2.08. The van der Waals surface area contributed by atoms with Crippen LogP contribution in [0.3, 0.4) is 0 Å². The highest BCUT2D eigenvalue weighted by Crippen LogP contribution is 2.22. The number of hydrogen-bond donors (Lipinski definition) is 1. The van der Waals surface area contributed by atoms with Crippen molar-refractivity contribution >= 4 is 0 Å². The second-order valence-corrected chi connectivity index (χ2v) is 4.02. The Hall–Kier alpha value is -1.88. The first-order valence-electron chi connectivity index (χ1n) is 5.71. The number of halogens is 1. The van der Waals surface area contributed by atoms with Crippen LogP contribution in [0.1, 0.15) is 11.1 Å². The van der Waals surface area contributed by atoms with Gasteiger partial charge < -0.3 is 9.84 Å². The van der Waals surface area contributed by atoms with Gasteiger partial charge in [0.15, 0.2) is 11.6 Å². The van der Waals surface area contributed by atoms with Crippen LogP contribution >= 0.6 is 0 Å². The van der Waals surface area contributed by atoms with Crippen molar-refractivity contribution in [3.05, 3.63) is 47.5 Å². The minimum atomic E-state index is -0.460. The van der Waals surface area contributed by atoms with Crippen molar-refractivity contribution in [2.45, 2.75) is 20.1 Å². The quantitative estimate of drug-likeness (QED) is 0.881. The van der Waals surface area contributed by atoms with Crippen molar-refractivity contribution in [2.75, 3.05) is 6.61 Å². The molecule has 1 N–H and O–H groups in total. The van der Waals surface area contributed by atoms with Crippen molar-refractivity contribution in [1.29, 1.82) is 0 Å². The van der Waals surface area contributed by atoms with Crippen LogP contribution in [-0.2, 0) is 13.2 Å². The fourth-order valence-corrected chi connectivity index (χ4v) is 1.67. The van der Waals surface area contributed by atoms with Crippen molar-refractivity contribution in [3.63, 3.8) is 0 Å². The largest absolute Gasteiger partial charge is 0.488 e. The van der Waals surface area contributed by atoms with Crippen LogP contribution in [0.5, 0.6) is 5.75 Å². The molecule has 0 aliphatic carbocycles. The average molecular weight is 250 g/mol. The minimum absolute atomic E-state index is 0.115. The molecule has 1 aromatic carbocycles. The predicted octanol–water partition coefficient (Wildman–Crippen LogP) is 1.90. The van der Waals surface area contributed by atoms with Crippen LogP contribution in [0, 0.1) is 12.7 Å². The van der Waals surface area contributed by atoms with Gasteiger partial charge in [0.1, 0.15) is 6.61 Å². The van der Waals surface area contributed by atoms with E-state index in [9.17, 15) is 4.39 Å². The summed E-state index contributed by atoms with van der Waals surface area (Å²) in [6, 6.07) is 4.49. The van der Waals surface area contributed by atoms with Gasteiger partial charge in [0, 0.05) is 11.8 Å². The Morgan fingerprint density at radius 3 is 2.94 bits per heavy atom. The molecule has 2 rings (SSSR count). The van der Waals surface area contributed by atoms with Gasteiger partial charge in [-0.3, -0.25) is 4.68 Å². The predicted molar refractivity (Wildman–Crippen MR) is 64.8 cm³/mol. The van der Waals surface area contributed by atoms with Crippen molar-refractivity contribution < 1.29 is 14.2 Å². The van der Waals surface area contributed by atoms with Gasteiger partial charge in [0.05, 0.1) is 19.3 Å². The van der Waals surface area contributed by atoms with Crippen molar-refractivity contribution in [3.8, 4) is 5.75 Å². The van der Waals surface area contributed by atoms with E-state index in [1.807, 2.05) is 13.1 Å². The van der Waals surface area contributed by atoms with Gasteiger partial charge in [-0.25, -0.2) is 4.39 Å². The van der Waals surface area contributed by atoms with Crippen LogP contribution in [0.25, 0.3) is 0 Å². The molecule has 0 atom stereocenters. The smallest absolute Gasteiger partial charge is 0.165 e. The topological polar surface area (TPSA) is 47.3 Å². The lowest BCUT2D eigenvalue weighted by atomic mass is 10.2. The van der Waals surface area contributed by atoms with Crippen molar-refractivity contribution in [2.24, 2.45) is 0 Å². The molecule has 96 valence electrons. The zero-order valence-corrected chi connectivity index (χ0v) is 10.1. The van der Waals surface area contributed by atoms with Crippen LogP contribution in [0.15, 0.2) is 30.6 Å². The lowest BCUT2D eigenvalue weighted by Gasteiger charge is -2.10. The van der Waals surface area contributed by atoms with E-state index in [1.165, 1.54) is 6.07 Å². The van der Waals surface area contributed by atoms with Gasteiger partial charge in [0.25, 0.3) is 0 Å². The van der Waals surface area contributed by atoms with Gasteiger partial charge >= 0.3 is 0 Å². The molecule has 0 saturated carbocycles. The first-order valence-corrected chi connectivity index (χ1v) is 5.71. The number of hydrogen-bond acceptors (Lipinski definition) is 3. The summed E-state index contributed by atoms with van der Waals surface area (Å²) in [5.74, 6) is -0.345. The molecule has 2 aromatic rings. The molecule has 4 nitrogen and oxygen atoms in total. The van der Waals surface area contributed by atoms with E-state index in [0.29, 0.717) is 18.7 Å².